The van der Waals surface area contributed by atoms with Gasteiger partial charge in [-0.2, -0.15) is 9.40 Å². The first-order valence-electron chi connectivity index (χ1n) is 8.03. The zero-order valence-electron chi connectivity index (χ0n) is 14.2. The molecular formula is C15H25N3O4S. The number of ether oxygens (including phenoxy) is 1. The van der Waals surface area contributed by atoms with Gasteiger partial charge in [0.25, 0.3) is 0 Å². The molecule has 0 bridgehead atoms. The Bertz CT molecular complexity index is 681. The summed E-state index contributed by atoms with van der Waals surface area (Å²) in [7, 11) is -3.65. The van der Waals surface area contributed by atoms with Crippen LogP contribution in [0.3, 0.4) is 0 Å². The second kappa shape index (κ2) is 7.00. The third-order valence-corrected chi connectivity index (χ3v) is 6.33. The molecule has 23 heavy (non-hydrogen) atoms. The molecule has 1 aliphatic heterocycles. The molecule has 1 aliphatic rings. The number of carbonyl (C=O) groups is 1. The predicted octanol–water partition coefficient (Wildman–Crippen LogP) is 1.48. The van der Waals surface area contributed by atoms with Crippen molar-refractivity contribution in [3.63, 3.8) is 0 Å². The van der Waals surface area contributed by atoms with Crippen LogP contribution in [0.25, 0.3) is 0 Å². The molecule has 2 rings (SSSR count). The summed E-state index contributed by atoms with van der Waals surface area (Å²) in [6.45, 7) is 8.68. The van der Waals surface area contributed by atoms with Crippen LogP contribution in [-0.2, 0) is 26.1 Å². The molecule has 7 nitrogen and oxygen atoms in total. The Morgan fingerprint density at radius 3 is 2.61 bits per heavy atom. The molecule has 130 valence electrons. The Balaban J connectivity index is 2.29. The maximum atomic E-state index is 13.0. The van der Waals surface area contributed by atoms with Gasteiger partial charge in [0, 0.05) is 19.6 Å². The minimum atomic E-state index is -3.65. The van der Waals surface area contributed by atoms with Gasteiger partial charge in [-0.15, -0.1) is 0 Å². The Kier molecular flexibility index (Phi) is 5.46. The third-order valence-electron chi connectivity index (χ3n) is 4.22. The Labute approximate surface area is 137 Å². The Morgan fingerprint density at radius 2 is 2.04 bits per heavy atom. The van der Waals surface area contributed by atoms with E-state index in [1.807, 2.05) is 6.92 Å². The van der Waals surface area contributed by atoms with E-state index in [-0.39, 0.29) is 23.3 Å². The van der Waals surface area contributed by atoms with E-state index < -0.39 is 10.0 Å². The molecule has 0 aromatic carbocycles. The number of hydrogen-bond donors (Lipinski definition) is 0. The zero-order valence-corrected chi connectivity index (χ0v) is 15.0. The number of sulfonamides is 1. The van der Waals surface area contributed by atoms with Crippen LogP contribution < -0.4 is 0 Å². The van der Waals surface area contributed by atoms with Crippen LogP contribution in [0.1, 0.15) is 38.1 Å². The van der Waals surface area contributed by atoms with Crippen molar-refractivity contribution in [1.29, 1.82) is 0 Å². The van der Waals surface area contributed by atoms with E-state index in [0.717, 1.165) is 0 Å². The van der Waals surface area contributed by atoms with Gasteiger partial charge in [0.15, 0.2) is 0 Å². The number of carbonyl (C=O) groups excluding carboxylic acids is 1. The highest BCUT2D eigenvalue weighted by atomic mass is 32.2. The second-order valence-electron chi connectivity index (χ2n) is 5.77. The topological polar surface area (TPSA) is 81.5 Å². The van der Waals surface area contributed by atoms with Crippen LogP contribution >= 0.6 is 0 Å². The number of piperidine rings is 1. The molecule has 0 spiro atoms. The smallest absolute Gasteiger partial charge is 0.310 e. The molecule has 0 N–H and O–H groups in total. The Hall–Kier alpha value is -1.41. The summed E-state index contributed by atoms with van der Waals surface area (Å²) >= 11 is 0. The van der Waals surface area contributed by atoms with Gasteiger partial charge in [-0.3, -0.25) is 9.48 Å². The van der Waals surface area contributed by atoms with Crippen LogP contribution in [0.5, 0.6) is 0 Å². The average molecular weight is 343 g/mol. The van der Waals surface area contributed by atoms with E-state index in [4.69, 9.17) is 4.74 Å². The van der Waals surface area contributed by atoms with Crippen LogP contribution in [0.4, 0.5) is 0 Å². The van der Waals surface area contributed by atoms with Crippen molar-refractivity contribution in [2.45, 2.75) is 52.0 Å². The number of rotatable bonds is 5. The fourth-order valence-corrected chi connectivity index (χ4v) is 5.00. The fraction of sp³-hybridized carbons (Fsp3) is 0.733. The summed E-state index contributed by atoms with van der Waals surface area (Å²) in [5.41, 5.74) is 1.14. The first kappa shape index (κ1) is 17.9. The number of nitrogens with zero attached hydrogens (tertiary/aromatic N) is 3. The highest BCUT2D eigenvalue weighted by molar-refractivity contribution is 7.89. The summed E-state index contributed by atoms with van der Waals surface area (Å²) in [5, 5.41) is 4.29. The molecule has 1 fully saturated rings. The maximum absolute atomic E-state index is 13.0. The zero-order chi connectivity index (χ0) is 17.2. The molecule has 0 saturated carbocycles. The minimum absolute atomic E-state index is 0.178. The number of hydrogen-bond acceptors (Lipinski definition) is 5. The van der Waals surface area contributed by atoms with Crippen molar-refractivity contribution in [3.05, 3.63) is 11.4 Å². The third kappa shape index (κ3) is 3.42. The fourth-order valence-electron chi connectivity index (χ4n) is 3.10. The number of esters is 1. The van der Waals surface area contributed by atoms with E-state index in [9.17, 15) is 13.2 Å². The molecule has 2 heterocycles. The molecule has 0 aliphatic carbocycles. The molecule has 0 amide bonds. The SMILES string of the molecule is CCOC(=O)[C@H]1CCCN(S(=O)(=O)c2c(C)nn(CC)c2C)C1. The first-order valence-corrected chi connectivity index (χ1v) is 9.47. The highest BCUT2D eigenvalue weighted by Crippen LogP contribution is 2.28. The largest absolute Gasteiger partial charge is 0.466 e. The lowest BCUT2D eigenvalue weighted by molar-refractivity contribution is -0.149. The monoisotopic (exact) mass is 343 g/mol. The van der Waals surface area contributed by atoms with Crippen LogP contribution in [0, 0.1) is 19.8 Å². The maximum Gasteiger partial charge on any atom is 0.310 e. The molecule has 8 heteroatoms. The quantitative estimate of drug-likeness (QED) is 0.757. The first-order chi connectivity index (χ1) is 10.8. The molecule has 0 unspecified atom stereocenters. The van der Waals surface area contributed by atoms with Crippen LogP contribution in [0.15, 0.2) is 4.90 Å². The molecule has 1 atom stereocenters. The van der Waals surface area contributed by atoms with E-state index in [0.29, 0.717) is 43.9 Å². The lowest BCUT2D eigenvalue weighted by atomic mass is 10.0. The van der Waals surface area contributed by atoms with Gasteiger partial charge in [-0.05, 0) is 40.5 Å². The number of aryl methyl sites for hydroxylation is 2. The molecule has 1 aromatic rings. The van der Waals surface area contributed by atoms with Gasteiger partial charge in [-0.25, -0.2) is 8.42 Å². The van der Waals surface area contributed by atoms with E-state index in [1.54, 1.807) is 25.5 Å². The van der Waals surface area contributed by atoms with E-state index >= 15 is 0 Å². The van der Waals surface area contributed by atoms with Crippen LogP contribution in [-0.4, -0.2) is 48.2 Å². The van der Waals surface area contributed by atoms with Crippen molar-refractivity contribution in [2.75, 3.05) is 19.7 Å². The van der Waals surface area contributed by atoms with Crippen LogP contribution in [0.2, 0.25) is 0 Å². The summed E-state index contributed by atoms with van der Waals surface area (Å²) in [6.07, 6.45) is 1.32. The molecule has 0 radical (unpaired) electrons. The second-order valence-corrected chi connectivity index (χ2v) is 7.64. The van der Waals surface area contributed by atoms with Crippen molar-refractivity contribution >= 4 is 16.0 Å². The van der Waals surface area contributed by atoms with Gasteiger partial charge >= 0.3 is 5.97 Å². The van der Waals surface area contributed by atoms with Gasteiger partial charge in [0.2, 0.25) is 10.0 Å². The molecule has 1 aromatic heterocycles. The highest BCUT2D eigenvalue weighted by Gasteiger charge is 2.36. The van der Waals surface area contributed by atoms with Crippen molar-refractivity contribution in [3.8, 4) is 0 Å². The summed E-state index contributed by atoms with van der Waals surface area (Å²) in [5.74, 6) is -0.703. The predicted molar refractivity (Wildman–Crippen MR) is 85.5 cm³/mol. The summed E-state index contributed by atoms with van der Waals surface area (Å²) in [6, 6.07) is 0. The van der Waals surface area contributed by atoms with Crippen molar-refractivity contribution < 1.29 is 17.9 Å². The van der Waals surface area contributed by atoms with Crippen molar-refractivity contribution in [2.24, 2.45) is 5.92 Å². The number of aromatic nitrogens is 2. The van der Waals surface area contributed by atoms with E-state index in [2.05, 4.69) is 5.10 Å². The standard InChI is InChI=1S/C15H25N3O4S/c1-5-18-12(4)14(11(3)16-18)23(20,21)17-9-7-8-13(10-17)15(19)22-6-2/h13H,5-10H2,1-4H3/t13-/m0/s1. The molecule has 1 saturated heterocycles. The van der Waals surface area contributed by atoms with Crippen molar-refractivity contribution in [1.82, 2.24) is 14.1 Å². The summed E-state index contributed by atoms with van der Waals surface area (Å²) in [4.78, 5) is 12.2. The average Bonchev–Trinajstić information content (AvgIpc) is 2.82. The summed E-state index contributed by atoms with van der Waals surface area (Å²) < 4.78 is 34.1. The molecular weight excluding hydrogens is 318 g/mol. The minimum Gasteiger partial charge on any atom is -0.466 e. The normalized spacial score (nSPS) is 19.7. The van der Waals surface area contributed by atoms with Gasteiger partial charge in [0.1, 0.15) is 4.90 Å². The van der Waals surface area contributed by atoms with Gasteiger partial charge in [-0.1, -0.05) is 0 Å². The Morgan fingerprint density at radius 1 is 1.35 bits per heavy atom. The van der Waals surface area contributed by atoms with E-state index in [1.165, 1.54) is 4.31 Å². The van der Waals surface area contributed by atoms with Gasteiger partial charge in [0.05, 0.1) is 23.9 Å². The lowest BCUT2D eigenvalue weighted by Crippen LogP contribution is -2.43. The lowest BCUT2D eigenvalue weighted by Gasteiger charge is -2.30. The van der Waals surface area contributed by atoms with Gasteiger partial charge < -0.3 is 4.74 Å².